The van der Waals surface area contributed by atoms with Crippen molar-refractivity contribution in [3.63, 3.8) is 0 Å². The van der Waals surface area contributed by atoms with Crippen LogP contribution >= 0.6 is 11.6 Å². The highest BCUT2D eigenvalue weighted by Crippen LogP contribution is 2.12. The first-order valence-electron chi connectivity index (χ1n) is 6.18. The molecule has 0 saturated carbocycles. The summed E-state index contributed by atoms with van der Waals surface area (Å²) in [5.41, 5.74) is 0.926. The van der Waals surface area contributed by atoms with E-state index < -0.39 is 0 Å². The van der Waals surface area contributed by atoms with Crippen LogP contribution in [0.4, 0.5) is 10.2 Å². The molecular weight excluding hydrogens is 281 g/mol. The molecule has 0 fully saturated rings. The molecule has 0 unspecified atom stereocenters. The summed E-state index contributed by atoms with van der Waals surface area (Å²) in [5, 5.41) is 3.50. The second-order valence-electron chi connectivity index (χ2n) is 4.23. The smallest absolute Gasteiger partial charge is 0.158 e. The number of aromatic nitrogens is 2. The van der Waals surface area contributed by atoms with Gasteiger partial charge in [0.05, 0.1) is 0 Å². The monoisotopic (exact) mass is 295 g/mol. The second kappa shape index (κ2) is 7.17. The van der Waals surface area contributed by atoms with Gasteiger partial charge in [-0.25, -0.2) is 14.4 Å². The van der Waals surface area contributed by atoms with Crippen molar-refractivity contribution in [3.05, 3.63) is 52.7 Å². The van der Waals surface area contributed by atoms with Crippen LogP contribution in [0, 0.1) is 5.82 Å². The van der Waals surface area contributed by atoms with Gasteiger partial charge in [0.1, 0.15) is 23.4 Å². The lowest BCUT2D eigenvalue weighted by molar-refractivity contribution is 0.178. The fourth-order valence-corrected chi connectivity index (χ4v) is 1.98. The predicted octanol–water partition coefficient (Wildman–Crippen LogP) is 3.07. The van der Waals surface area contributed by atoms with Gasteiger partial charge in [-0.3, -0.25) is 0 Å². The third kappa shape index (κ3) is 4.43. The summed E-state index contributed by atoms with van der Waals surface area (Å²) in [7, 11) is 1.57. The Morgan fingerprint density at radius 3 is 2.90 bits per heavy atom. The summed E-state index contributed by atoms with van der Waals surface area (Å²) in [6.07, 6.45) is 0.693. The molecule has 0 saturated heterocycles. The Balaban J connectivity index is 1.93. The highest BCUT2D eigenvalue weighted by molar-refractivity contribution is 6.29. The van der Waals surface area contributed by atoms with Crippen molar-refractivity contribution < 1.29 is 9.13 Å². The summed E-state index contributed by atoms with van der Waals surface area (Å²) in [4.78, 5) is 8.31. The molecule has 1 aromatic carbocycles. The van der Waals surface area contributed by atoms with Gasteiger partial charge < -0.3 is 10.1 Å². The Labute approximate surface area is 122 Å². The van der Waals surface area contributed by atoms with E-state index in [2.05, 4.69) is 15.3 Å². The Hall–Kier alpha value is -1.72. The molecule has 0 aliphatic heterocycles. The normalized spacial score (nSPS) is 10.6. The van der Waals surface area contributed by atoms with Gasteiger partial charge in [0.25, 0.3) is 0 Å². The number of anilines is 1. The molecule has 2 aromatic rings. The van der Waals surface area contributed by atoms with Crippen LogP contribution in [0.25, 0.3) is 0 Å². The van der Waals surface area contributed by atoms with E-state index >= 15 is 0 Å². The quantitative estimate of drug-likeness (QED) is 0.832. The first-order chi connectivity index (χ1) is 9.67. The van der Waals surface area contributed by atoms with Crippen molar-refractivity contribution in [1.29, 1.82) is 0 Å². The van der Waals surface area contributed by atoms with Crippen LogP contribution in [0.1, 0.15) is 11.4 Å². The summed E-state index contributed by atoms with van der Waals surface area (Å²) < 4.78 is 18.0. The summed E-state index contributed by atoms with van der Waals surface area (Å²) in [6, 6.07) is 8.17. The van der Waals surface area contributed by atoms with E-state index in [1.165, 1.54) is 12.1 Å². The van der Waals surface area contributed by atoms with E-state index in [0.29, 0.717) is 36.4 Å². The van der Waals surface area contributed by atoms with Crippen LogP contribution in [0.3, 0.4) is 0 Å². The first-order valence-corrected chi connectivity index (χ1v) is 6.56. The Bertz CT molecular complexity index is 580. The molecule has 0 aliphatic rings. The Kier molecular flexibility index (Phi) is 5.26. The van der Waals surface area contributed by atoms with E-state index in [0.717, 1.165) is 5.56 Å². The largest absolute Gasteiger partial charge is 0.377 e. The van der Waals surface area contributed by atoms with Gasteiger partial charge in [0, 0.05) is 19.7 Å². The van der Waals surface area contributed by atoms with Crippen molar-refractivity contribution in [2.75, 3.05) is 19.0 Å². The topological polar surface area (TPSA) is 47.0 Å². The molecule has 0 spiro atoms. The number of rotatable bonds is 6. The Morgan fingerprint density at radius 1 is 1.30 bits per heavy atom. The van der Waals surface area contributed by atoms with Crippen molar-refractivity contribution in [3.8, 4) is 0 Å². The number of halogens is 2. The SMILES string of the molecule is COCc1nc(Cl)cc(NCCc2cccc(F)c2)n1. The third-order valence-electron chi connectivity index (χ3n) is 2.62. The standard InChI is InChI=1S/C14H15ClFN3O/c1-20-9-14-18-12(15)8-13(19-14)17-6-5-10-3-2-4-11(16)7-10/h2-4,7-8H,5-6,9H2,1H3,(H,17,18,19). The maximum absolute atomic E-state index is 13.0. The molecule has 0 atom stereocenters. The second-order valence-corrected chi connectivity index (χ2v) is 4.62. The molecule has 1 heterocycles. The predicted molar refractivity (Wildman–Crippen MR) is 76.3 cm³/mol. The molecule has 6 heteroatoms. The molecule has 2 rings (SSSR count). The zero-order valence-electron chi connectivity index (χ0n) is 11.1. The zero-order chi connectivity index (χ0) is 14.4. The van der Waals surface area contributed by atoms with Gasteiger partial charge >= 0.3 is 0 Å². The number of benzene rings is 1. The van der Waals surface area contributed by atoms with Crippen LogP contribution in [0.2, 0.25) is 5.15 Å². The van der Waals surface area contributed by atoms with Gasteiger partial charge in [0.15, 0.2) is 5.82 Å². The highest BCUT2D eigenvalue weighted by atomic mass is 35.5. The van der Waals surface area contributed by atoms with Crippen LogP contribution in [0.15, 0.2) is 30.3 Å². The fourth-order valence-electron chi connectivity index (χ4n) is 1.78. The number of nitrogens with zero attached hydrogens (tertiary/aromatic N) is 2. The van der Waals surface area contributed by atoms with E-state index in [1.807, 2.05) is 6.07 Å². The van der Waals surface area contributed by atoms with Gasteiger partial charge in [-0.05, 0) is 24.1 Å². The number of hydrogen-bond acceptors (Lipinski definition) is 4. The minimum Gasteiger partial charge on any atom is -0.377 e. The number of hydrogen-bond donors (Lipinski definition) is 1. The third-order valence-corrected chi connectivity index (χ3v) is 2.82. The van der Waals surface area contributed by atoms with E-state index in [4.69, 9.17) is 16.3 Å². The lowest BCUT2D eigenvalue weighted by Gasteiger charge is -2.08. The van der Waals surface area contributed by atoms with Crippen LogP contribution in [-0.4, -0.2) is 23.6 Å². The van der Waals surface area contributed by atoms with Gasteiger partial charge in [-0.15, -0.1) is 0 Å². The number of nitrogens with one attached hydrogen (secondary N) is 1. The molecule has 0 aliphatic carbocycles. The summed E-state index contributed by atoms with van der Waals surface area (Å²) >= 11 is 5.91. The minimum absolute atomic E-state index is 0.227. The molecular formula is C14H15ClFN3O. The molecule has 0 bridgehead atoms. The average Bonchev–Trinajstić information content (AvgIpc) is 2.38. The van der Waals surface area contributed by atoms with Crippen LogP contribution in [0.5, 0.6) is 0 Å². The number of methoxy groups -OCH3 is 1. The summed E-state index contributed by atoms with van der Waals surface area (Å²) in [6.45, 7) is 0.933. The van der Waals surface area contributed by atoms with Crippen LogP contribution < -0.4 is 5.32 Å². The van der Waals surface area contributed by atoms with E-state index in [1.54, 1.807) is 19.2 Å². The van der Waals surface area contributed by atoms with Crippen molar-refractivity contribution in [2.45, 2.75) is 13.0 Å². The van der Waals surface area contributed by atoms with Crippen molar-refractivity contribution >= 4 is 17.4 Å². The molecule has 0 radical (unpaired) electrons. The van der Waals surface area contributed by atoms with E-state index in [9.17, 15) is 4.39 Å². The molecule has 0 amide bonds. The van der Waals surface area contributed by atoms with Crippen LogP contribution in [-0.2, 0) is 17.8 Å². The maximum Gasteiger partial charge on any atom is 0.158 e. The molecule has 1 N–H and O–H groups in total. The number of ether oxygens (including phenoxy) is 1. The Morgan fingerprint density at radius 2 is 2.15 bits per heavy atom. The lowest BCUT2D eigenvalue weighted by atomic mass is 10.1. The molecule has 4 nitrogen and oxygen atoms in total. The van der Waals surface area contributed by atoms with Gasteiger partial charge in [-0.1, -0.05) is 23.7 Å². The zero-order valence-corrected chi connectivity index (χ0v) is 11.8. The first kappa shape index (κ1) is 14.7. The van der Waals surface area contributed by atoms with E-state index in [-0.39, 0.29) is 5.82 Å². The fraction of sp³-hybridized carbons (Fsp3) is 0.286. The lowest BCUT2D eigenvalue weighted by Crippen LogP contribution is -2.08. The van der Waals surface area contributed by atoms with Gasteiger partial charge in [0.2, 0.25) is 0 Å². The maximum atomic E-state index is 13.0. The highest BCUT2D eigenvalue weighted by Gasteiger charge is 2.03. The minimum atomic E-state index is -0.227. The molecule has 20 heavy (non-hydrogen) atoms. The average molecular weight is 296 g/mol. The summed E-state index contributed by atoms with van der Waals surface area (Å²) in [5.74, 6) is 0.927. The van der Waals surface area contributed by atoms with Crippen molar-refractivity contribution in [2.24, 2.45) is 0 Å². The molecule has 1 aromatic heterocycles. The van der Waals surface area contributed by atoms with Gasteiger partial charge in [-0.2, -0.15) is 0 Å². The molecule has 106 valence electrons. The van der Waals surface area contributed by atoms with Crippen molar-refractivity contribution in [1.82, 2.24) is 9.97 Å².